The number of carbonyl (C=O) groups is 1. The second kappa shape index (κ2) is 6.47. The van der Waals surface area contributed by atoms with Gasteiger partial charge in [-0.1, -0.05) is 11.6 Å². The SMILES string of the molecule is CCONC(=O)c1cc(Cl)ccc1OC(C)C. The van der Waals surface area contributed by atoms with Crippen molar-refractivity contribution in [2.24, 2.45) is 0 Å². The molecule has 1 aromatic carbocycles. The van der Waals surface area contributed by atoms with E-state index in [4.69, 9.17) is 21.2 Å². The molecule has 0 radical (unpaired) electrons. The molecule has 1 rings (SSSR count). The summed E-state index contributed by atoms with van der Waals surface area (Å²) in [6, 6.07) is 4.90. The van der Waals surface area contributed by atoms with Crippen molar-refractivity contribution < 1.29 is 14.4 Å². The highest BCUT2D eigenvalue weighted by Crippen LogP contribution is 2.23. The Bertz CT molecular complexity index is 393. The maximum Gasteiger partial charge on any atom is 0.278 e. The van der Waals surface area contributed by atoms with Crippen LogP contribution in [0.4, 0.5) is 0 Å². The first-order valence-electron chi connectivity index (χ1n) is 5.43. The van der Waals surface area contributed by atoms with E-state index in [-0.39, 0.29) is 12.0 Å². The average molecular weight is 258 g/mol. The van der Waals surface area contributed by atoms with Gasteiger partial charge in [0.15, 0.2) is 0 Å². The van der Waals surface area contributed by atoms with Crippen molar-refractivity contribution in [3.63, 3.8) is 0 Å². The van der Waals surface area contributed by atoms with Crippen LogP contribution in [0.5, 0.6) is 5.75 Å². The van der Waals surface area contributed by atoms with Gasteiger partial charge < -0.3 is 4.74 Å². The van der Waals surface area contributed by atoms with Crippen LogP contribution >= 0.6 is 11.6 Å². The molecule has 0 spiro atoms. The number of amides is 1. The van der Waals surface area contributed by atoms with Crippen LogP contribution in [0.2, 0.25) is 5.02 Å². The first-order chi connectivity index (χ1) is 8.04. The Hall–Kier alpha value is -1.26. The molecule has 1 N–H and O–H groups in total. The quantitative estimate of drug-likeness (QED) is 0.825. The van der Waals surface area contributed by atoms with Gasteiger partial charge in [-0.25, -0.2) is 5.48 Å². The zero-order chi connectivity index (χ0) is 12.8. The fourth-order valence-corrected chi connectivity index (χ4v) is 1.40. The van der Waals surface area contributed by atoms with Crippen LogP contribution < -0.4 is 10.2 Å². The molecule has 0 aliphatic rings. The first-order valence-corrected chi connectivity index (χ1v) is 5.80. The Morgan fingerprint density at radius 3 is 2.76 bits per heavy atom. The molecule has 94 valence electrons. The van der Waals surface area contributed by atoms with Gasteiger partial charge in [-0.15, -0.1) is 0 Å². The Labute approximate surface area is 106 Å². The number of carbonyl (C=O) groups excluding carboxylic acids is 1. The van der Waals surface area contributed by atoms with Crippen molar-refractivity contribution in [1.82, 2.24) is 5.48 Å². The van der Waals surface area contributed by atoms with E-state index in [1.54, 1.807) is 25.1 Å². The molecule has 1 amide bonds. The van der Waals surface area contributed by atoms with Gasteiger partial charge >= 0.3 is 0 Å². The number of rotatable bonds is 5. The Morgan fingerprint density at radius 2 is 2.18 bits per heavy atom. The van der Waals surface area contributed by atoms with Crippen LogP contribution in [0.25, 0.3) is 0 Å². The topological polar surface area (TPSA) is 47.6 Å². The van der Waals surface area contributed by atoms with Gasteiger partial charge in [-0.05, 0) is 39.0 Å². The highest BCUT2D eigenvalue weighted by Gasteiger charge is 2.14. The first kappa shape index (κ1) is 13.8. The van der Waals surface area contributed by atoms with Crippen molar-refractivity contribution in [3.8, 4) is 5.75 Å². The largest absolute Gasteiger partial charge is 0.490 e. The smallest absolute Gasteiger partial charge is 0.278 e. The Kier molecular flexibility index (Phi) is 5.25. The van der Waals surface area contributed by atoms with Gasteiger partial charge in [0.05, 0.1) is 18.3 Å². The minimum absolute atomic E-state index is 0.0187. The van der Waals surface area contributed by atoms with E-state index in [0.29, 0.717) is 22.9 Å². The van der Waals surface area contributed by atoms with Gasteiger partial charge in [0, 0.05) is 5.02 Å². The van der Waals surface area contributed by atoms with E-state index >= 15 is 0 Å². The molecule has 0 aromatic heterocycles. The van der Waals surface area contributed by atoms with E-state index in [2.05, 4.69) is 5.48 Å². The second-order valence-electron chi connectivity index (χ2n) is 3.67. The molecule has 5 heteroatoms. The third-order valence-electron chi connectivity index (χ3n) is 1.86. The molecule has 0 bridgehead atoms. The highest BCUT2D eigenvalue weighted by atomic mass is 35.5. The van der Waals surface area contributed by atoms with Crippen LogP contribution in [0, 0.1) is 0 Å². The summed E-state index contributed by atoms with van der Waals surface area (Å²) in [5, 5.41) is 0.475. The van der Waals surface area contributed by atoms with Crippen molar-refractivity contribution in [2.45, 2.75) is 26.9 Å². The summed E-state index contributed by atoms with van der Waals surface area (Å²) >= 11 is 5.86. The fraction of sp³-hybridized carbons (Fsp3) is 0.417. The predicted octanol–water partition coefficient (Wildman–Crippen LogP) is 2.81. The van der Waals surface area contributed by atoms with Crippen molar-refractivity contribution in [2.75, 3.05) is 6.61 Å². The minimum atomic E-state index is -0.370. The minimum Gasteiger partial charge on any atom is -0.490 e. The number of nitrogens with one attached hydrogen (secondary N) is 1. The van der Waals surface area contributed by atoms with E-state index in [0.717, 1.165) is 0 Å². The van der Waals surface area contributed by atoms with Crippen molar-refractivity contribution >= 4 is 17.5 Å². The van der Waals surface area contributed by atoms with E-state index in [1.807, 2.05) is 13.8 Å². The van der Waals surface area contributed by atoms with Crippen LogP contribution in [0.15, 0.2) is 18.2 Å². The van der Waals surface area contributed by atoms with Gasteiger partial charge in [-0.2, -0.15) is 0 Å². The lowest BCUT2D eigenvalue weighted by Gasteiger charge is -2.14. The predicted molar refractivity (Wildman–Crippen MR) is 66.3 cm³/mol. The van der Waals surface area contributed by atoms with Gasteiger partial charge in [-0.3, -0.25) is 9.63 Å². The van der Waals surface area contributed by atoms with Crippen LogP contribution in [-0.4, -0.2) is 18.6 Å². The Morgan fingerprint density at radius 1 is 1.47 bits per heavy atom. The zero-order valence-corrected chi connectivity index (χ0v) is 10.9. The van der Waals surface area contributed by atoms with E-state index in [9.17, 15) is 4.79 Å². The Balaban J connectivity index is 2.93. The summed E-state index contributed by atoms with van der Waals surface area (Å²) in [6.45, 7) is 5.95. The lowest BCUT2D eigenvalue weighted by molar-refractivity contribution is 0.0360. The van der Waals surface area contributed by atoms with Gasteiger partial charge in [0.2, 0.25) is 0 Å². The number of hydrogen-bond donors (Lipinski definition) is 1. The van der Waals surface area contributed by atoms with Crippen LogP contribution in [-0.2, 0) is 4.84 Å². The maximum atomic E-state index is 11.8. The maximum absolute atomic E-state index is 11.8. The zero-order valence-electron chi connectivity index (χ0n) is 10.1. The normalized spacial score (nSPS) is 10.4. The highest BCUT2D eigenvalue weighted by molar-refractivity contribution is 6.31. The molecule has 0 atom stereocenters. The lowest BCUT2D eigenvalue weighted by Crippen LogP contribution is -2.24. The van der Waals surface area contributed by atoms with Crippen LogP contribution in [0.3, 0.4) is 0 Å². The molecule has 0 heterocycles. The third kappa shape index (κ3) is 4.24. The number of benzene rings is 1. The molecular formula is C12H16ClNO3. The number of halogens is 1. The molecular weight excluding hydrogens is 242 g/mol. The van der Waals surface area contributed by atoms with Crippen molar-refractivity contribution in [1.29, 1.82) is 0 Å². The molecule has 4 nitrogen and oxygen atoms in total. The molecule has 1 aromatic rings. The average Bonchev–Trinajstić information content (AvgIpc) is 2.27. The van der Waals surface area contributed by atoms with Gasteiger partial charge in [0.1, 0.15) is 5.75 Å². The monoisotopic (exact) mass is 257 g/mol. The van der Waals surface area contributed by atoms with Gasteiger partial charge in [0.25, 0.3) is 5.91 Å². The van der Waals surface area contributed by atoms with Crippen LogP contribution in [0.1, 0.15) is 31.1 Å². The molecule has 0 saturated heterocycles. The summed E-state index contributed by atoms with van der Waals surface area (Å²) in [7, 11) is 0. The molecule has 0 aliphatic heterocycles. The summed E-state index contributed by atoms with van der Waals surface area (Å²) in [4.78, 5) is 16.6. The molecule has 0 aliphatic carbocycles. The summed E-state index contributed by atoms with van der Waals surface area (Å²) in [5.41, 5.74) is 2.67. The van der Waals surface area contributed by atoms with E-state index < -0.39 is 0 Å². The van der Waals surface area contributed by atoms with Crippen molar-refractivity contribution in [3.05, 3.63) is 28.8 Å². The van der Waals surface area contributed by atoms with E-state index in [1.165, 1.54) is 0 Å². The number of hydrogen-bond acceptors (Lipinski definition) is 3. The summed E-state index contributed by atoms with van der Waals surface area (Å²) in [6.07, 6.45) is -0.0187. The standard InChI is InChI=1S/C12H16ClNO3/c1-4-16-14-12(15)10-7-9(13)5-6-11(10)17-8(2)3/h5-8H,4H2,1-3H3,(H,14,15). The third-order valence-corrected chi connectivity index (χ3v) is 2.09. The molecule has 0 fully saturated rings. The molecule has 0 unspecified atom stereocenters. The number of hydroxylamine groups is 1. The second-order valence-corrected chi connectivity index (χ2v) is 4.11. The molecule has 0 saturated carbocycles. The summed E-state index contributed by atoms with van der Waals surface area (Å²) in [5.74, 6) is 0.117. The summed E-state index contributed by atoms with van der Waals surface area (Å²) < 4.78 is 5.53. The number of ether oxygens (including phenoxy) is 1. The lowest BCUT2D eigenvalue weighted by atomic mass is 10.2. The molecule has 17 heavy (non-hydrogen) atoms. The fourth-order valence-electron chi connectivity index (χ4n) is 1.23.